The molecule has 0 spiro atoms. The van der Waals surface area contributed by atoms with Crippen molar-refractivity contribution in [1.29, 1.82) is 0 Å². The Balaban J connectivity index is 4.41. The van der Waals surface area contributed by atoms with Crippen LogP contribution in [0.2, 0.25) is 0 Å². The number of aliphatic carboxylic acids is 2. The molecule has 0 aliphatic heterocycles. The predicted molar refractivity (Wildman–Crippen MR) is 43.6 cm³/mol. The third-order valence-corrected chi connectivity index (χ3v) is 4.63. The zero-order valence-electron chi connectivity index (χ0n) is 7.82. The van der Waals surface area contributed by atoms with Crippen LogP contribution in [0.15, 0.2) is 0 Å². The van der Waals surface area contributed by atoms with Gasteiger partial charge in [-0.3, -0.25) is 4.21 Å². The maximum absolute atomic E-state index is 11.0. The van der Waals surface area contributed by atoms with E-state index in [1.807, 2.05) is 0 Å². The van der Waals surface area contributed by atoms with Gasteiger partial charge in [0.2, 0.25) is 0 Å². The fraction of sp³-hybridized carbons (Fsp3) is 0.667. The largest absolute Gasteiger partial charge is 0.810 e. The quantitative estimate of drug-likeness (QED) is 0.416. The Morgan fingerprint density at radius 2 is 1.75 bits per heavy atom. The number of hydrogen-bond donors (Lipinski definition) is 0. The van der Waals surface area contributed by atoms with E-state index >= 15 is 0 Å². The summed E-state index contributed by atoms with van der Waals surface area (Å²) in [5.41, 5.74) is -1.23. The van der Waals surface area contributed by atoms with Crippen molar-refractivity contribution in [3.63, 3.8) is 0 Å². The van der Waals surface area contributed by atoms with Gasteiger partial charge < -0.3 is 34.2 Å². The van der Waals surface area contributed by atoms with Gasteiger partial charge in [0.1, 0.15) is 0 Å². The van der Waals surface area contributed by atoms with Crippen LogP contribution in [0, 0.1) is 5.92 Å². The van der Waals surface area contributed by atoms with Crippen molar-refractivity contribution in [3.05, 3.63) is 0 Å². The van der Waals surface area contributed by atoms with E-state index in [2.05, 4.69) is 0 Å². The molecular weight excluding hydrogens is 263 g/mol. The number of carboxylic acid groups (broad SMARTS) is 2. The van der Waals surface area contributed by atoms with Gasteiger partial charge >= 0.3 is 0 Å². The van der Waals surface area contributed by atoms with E-state index in [-0.39, 0.29) is 0 Å². The van der Waals surface area contributed by atoms with Gasteiger partial charge in [-0.2, -0.15) is 0 Å². The number of rotatable bonds is 7. The van der Waals surface area contributed by atoms with E-state index in [9.17, 15) is 38.4 Å². The van der Waals surface area contributed by atoms with Crippen molar-refractivity contribution < 1.29 is 38.4 Å². The number of hydrogen-bond acceptors (Lipinski definition) is 8. The van der Waals surface area contributed by atoms with Crippen LogP contribution in [-0.2, 0) is 25.0 Å². The van der Waals surface area contributed by atoms with Crippen molar-refractivity contribution in [2.24, 2.45) is 5.92 Å². The summed E-state index contributed by atoms with van der Waals surface area (Å²) in [7, 11) is -7.28. The first kappa shape index (κ1) is 15.2. The average Bonchev–Trinajstić information content (AvgIpc) is 1.97. The van der Waals surface area contributed by atoms with Gasteiger partial charge in [-0.05, 0) is 6.42 Å². The minimum atomic E-state index is -5.02. The molecule has 10 heteroatoms. The Bertz CT molecular complexity index is 346. The molecule has 0 aliphatic carbocycles. The van der Waals surface area contributed by atoms with E-state index in [1.165, 1.54) is 0 Å². The fourth-order valence-electron chi connectivity index (χ4n) is 0.865. The Labute approximate surface area is 92.9 Å². The highest BCUT2D eigenvalue weighted by molar-refractivity contribution is 7.91. The van der Waals surface area contributed by atoms with Crippen LogP contribution >= 0.6 is 7.60 Å². The zero-order valence-corrected chi connectivity index (χ0v) is 9.53. The molecule has 0 fully saturated rings. The van der Waals surface area contributed by atoms with E-state index in [1.54, 1.807) is 0 Å². The van der Waals surface area contributed by atoms with Crippen molar-refractivity contribution in [2.45, 2.75) is 6.42 Å². The van der Waals surface area contributed by atoms with Crippen LogP contribution in [0.25, 0.3) is 0 Å². The molecule has 2 atom stereocenters. The second kappa shape index (κ2) is 6.09. The van der Waals surface area contributed by atoms with E-state index < -0.39 is 53.9 Å². The van der Waals surface area contributed by atoms with Gasteiger partial charge in [-0.1, -0.05) is 7.60 Å². The summed E-state index contributed by atoms with van der Waals surface area (Å²) in [6.45, 7) is 0. The molecule has 0 amide bonds. The van der Waals surface area contributed by atoms with Gasteiger partial charge in [0.15, 0.2) is 0 Å². The lowest BCUT2D eigenvalue weighted by Gasteiger charge is -2.29. The lowest BCUT2D eigenvalue weighted by Crippen LogP contribution is -2.39. The van der Waals surface area contributed by atoms with Crippen molar-refractivity contribution in [3.8, 4) is 0 Å². The Morgan fingerprint density at radius 1 is 1.25 bits per heavy atom. The van der Waals surface area contributed by atoms with Crippen molar-refractivity contribution >= 4 is 30.3 Å². The van der Waals surface area contributed by atoms with Crippen LogP contribution in [0.1, 0.15) is 6.42 Å². The van der Waals surface area contributed by atoms with Crippen LogP contribution in [-0.4, -0.2) is 27.4 Å². The smallest absolute Gasteiger partial charge is 0.0512 e. The third-order valence-electron chi connectivity index (χ3n) is 1.44. The molecule has 0 aliphatic rings. The monoisotopic (exact) mass is 270 g/mol. The summed E-state index contributed by atoms with van der Waals surface area (Å²) in [4.78, 5) is 40.9. The molecule has 0 aromatic heterocycles. The number of carbonyl (C=O) groups excluding carboxylic acids is 2. The normalized spacial score (nSPS) is 15.4. The Morgan fingerprint density at radius 3 is 2.06 bits per heavy atom. The topological polar surface area (TPSA) is 161 Å². The molecule has 8 nitrogen and oxygen atoms in total. The zero-order chi connectivity index (χ0) is 12.9. The predicted octanol–water partition coefficient (Wildman–Crippen LogP) is -4.89. The van der Waals surface area contributed by atoms with E-state index in [4.69, 9.17) is 0 Å². The van der Waals surface area contributed by atoms with Gasteiger partial charge in [-0.15, -0.1) is 0 Å². The maximum atomic E-state index is 11.0. The van der Waals surface area contributed by atoms with Crippen LogP contribution in [0.4, 0.5) is 0 Å². The molecule has 16 heavy (non-hydrogen) atoms. The molecule has 0 aromatic rings. The first-order chi connectivity index (χ1) is 7.11. The molecule has 0 heterocycles. The minimum Gasteiger partial charge on any atom is -0.810 e. The number of carboxylic acids is 2. The average molecular weight is 270 g/mol. The highest BCUT2D eigenvalue weighted by atomic mass is 32.2. The molecule has 0 radical (unpaired) electrons. The summed E-state index contributed by atoms with van der Waals surface area (Å²) in [6, 6.07) is 0. The molecule has 0 bridgehead atoms. The maximum Gasteiger partial charge on any atom is 0.0512 e. The molecule has 2 unspecified atom stereocenters. The lowest BCUT2D eigenvalue weighted by atomic mass is 10.1. The second-order valence-electron chi connectivity index (χ2n) is 2.94. The van der Waals surface area contributed by atoms with Crippen LogP contribution in [0.5, 0.6) is 0 Å². The lowest BCUT2D eigenvalue weighted by molar-refractivity contribution is -0.319. The van der Waals surface area contributed by atoms with E-state index in [0.29, 0.717) is 0 Å². The van der Waals surface area contributed by atoms with Gasteiger partial charge in [-0.25, -0.2) is 0 Å². The molecule has 0 saturated heterocycles. The molecule has 0 N–H and O–H groups in total. The summed E-state index contributed by atoms with van der Waals surface area (Å²) < 4.78 is 21.2. The molecule has 0 rings (SSSR count). The molecular formula is C6H7O8PS-4. The standard InChI is InChI=1S/C6H11O8PS/c7-5(8)1-4(6(9)10)2-16(14)3-15(11,12)13/h4H,1-3H2,(H,7,8)(H,9,10)(H2,11,12,13)/p-4. The second-order valence-corrected chi connectivity index (χ2v) is 6.41. The van der Waals surface area contributed by atoms with Crippen LogP contribution in [0.3, 0.4) is 0 Å². The summed E-state index contributed by atoms with van der Waals surface area (Å²) in [6.07, 6.45) is -0.948. The minimum absolute atomic E-state index is 0.773. The number of carbonyl (C=O) groups is 2. The summed E-state index contributed by atoms with van der Waals surface area (Å²) >= 11 is 0. The first-order valence-corrected chi connectivity index (χ1v) is 7.10. The van der Waals surface area contributed by atoms with Crippen molar-refractivity contribution in [2.75, 3.05) is 11.2 Å². The first-order valence-electron chi connectivity index (χ1n) is 3.88. The summed E-state index contributed by atoms with van der Waals surface area (Å²) in [5.74, 6) is -5.90. The van der Waals surface area contributed by atoms with Gasteiger partial charge in [0.25, 0.3) is 0 Å². The highest BCUT2D eigenvalue weighted by Gasteiger charge is 2.15. The Hall–Kier alpha value is -0.760. The molecule has 0 saturated carbocycles. The SMILES string of the molecule is O=C([O-])CC(CS(=O)CP(=O)([O-])[O-])C(=O)[O-]. The molecule has 94 valence electrons. The Kier molecular flexibility index (Phi) is 5.80. The fourth-order valence-corrected chi connectivity index (χ4v) is 3.40. The summed E-state index contributed by atoms with van der Waals surface area (Å²) in [5, 5.41) is 20.5. The third kappa shape index (κ3) is 7.52. The van der Waals surface area contributed by atoms with Gasteiger partial charge in [0, 0.05) is 34.4 Å². The van der Waals surface area contributed by atoms with E-state index in [0.717, 1.165) is 0 Å². The van der Waals surface area contributed by atoms with Crippen molar-refractivity contribution in [1.82, 2.24) is 0 Å². The van der Waals surface area contributed by atoms with Crippen LogP contribution < -0.4 is 20.0 Å². The molecule has 0 aromatic carbocycles. The highest BCUT2D eigenvalue weighted by Crippen LogP contribution is 2.24. The van der Waals surface area contributed by atoms with Gasteiger partial charge in [0.05, 0.1) is 5.49 Å².